The van der Waals surface area contributed by atoms with E-state index in [1.807, 2.05) is 6.92 Å². The molecule has 0 radical (unpaired) electrons. The van der Waals surface area contributed by atoms with Crippen molar-refractivity contribution in [2.75, 3.05) is 46.1 Å². The Kier molecular flexibility index (Phi) is 15.2. The number of rotatable bonds is 15. The molecule has 0 unspecified atom stereocenters. The van der Waals surface area contributed by atoms with E-state index in [1.165, 1.54) is 18.4 Å². The Hall–Kier alpha value is -0.900. The smallest absolute Gasteiger partial charge is 0.191 e. The summed E-state index contributed by atoms with van der Waals surface area (Å²) in [7, 11) is 0. The van der Waals surface area contributed by atoms with Gasteiger partial charge in [-0.1, -0.05) is 24.3 Å². The van der Waals surface area contributed by atoms with Crippen molar-refractivity contribution in [3.8, 4) is 0 Å². The summed E-state index contributed by atoms with van der Waals surface area (Å²) in [6.45, 7) is 10.8. The van der Waals surface area contributed by atoms with E-state index in [2.05, 4.69) is 41.8 Å². The van der Waals surface area contributed by atoms with Crippen molar-refractivity contribution in [3.05, 3.63) is 35.4 Å². The zero-order chi connectivity index (χ0) is 19.9. The number of hydrogen-bond acceptors (Lipinski definition) is 4. The molecule has 7 heteroatoms. The van der Waals surface area contributed by atoms with Gasteiger partial charge in [-0.15, -0.1) is 24.0 Å². The molecule has 0 bridgehead atoms. The molecule has 0 aromatic heterocycles. The summed E-state index contributed by atoms with van der Waals surface area (Å²) >= 11 is 0. The van der Waals surface area contributed by atoms with Crippen LogP contribution in [-0.4, -0.2) is 52.1 Å². The largest absolute Gasteiger partial charge is 0.381 e. The maximum Gasteiger partial charge on any atom is 0.191 e. The number of halogens is 1. The summed E-state index contributed by atoms with van der Waals surface area (Å²) < 4.78 is 16.6. The van der Waals surface area contributed by atoms with Gasteiger partial charge in [-0.05, 0) is 50.2 Å². The van der Waals surface area contributed by atoms with E-state index in [9.17, 15) is 0 Å². The standard InChI is InChI=1S/C22H37N3O3.HI/c1-3-23-22(24-11-6-12-27-17-19-9-10-19)25-16-20-7-5-8-21(15-20)18-28-14-13-26-4-2;/h5,7-8,15,19H,3-4,6,9-14,16-18H2,1-2H3,(H2,23,24,25);1H. The van der Waals surface area contributed by atoms with Crippen molar-refractivity contribution in [2.24, 2.45) is 10.9 Å². The van der Waals surface area contributed by atoms with Crippen LogP contribution in [0.25, 0.3) is 0 Å². The van der Waals surface area contributed by atoms with Gasteiger partial charge in [0.05, 0.1) is 26.4 Å². The molecule has 1 fully saturated rings. The second-order valence-corrected chi connectivity index (χ2v) is 7.06. The molecule has 0 saturated heterocycles. The number of nitrogens with zero attached hydrogens (tertiary/aromatic N) is 1. The highest BCUT2D eigenvalue weighted by atomic mass is 127. The van der Waals surface area contributed by atoms with Crippen LogP contribution in [0.15, 0.2) is 29.3 Å². The summed E-state index contributed by atoms with van der Waals surface area (Å²) in [5, 5.41) is 6.68. The van der Waals surface area contributed by atoms with Gasteiger partial charge in [-0.25, -0.2) is 4.99 Å². The summed E-state index contributed by atoms with van der Waals surface area (Å²) in [5.41, 5.74) is 2.34. The van der Waals surface area contributed by atoms with Crippen molar-refractivity contribution in [3.63, 3.8) is 0 Å². The molecular weight excluding hydrogens is 481 g/mol. The van der Waals surface area contributed by atoms with Crippen LogP contribution in [0.1, 0.15) is 44.2 Å². The Labute approximate surface area is 193 Å². The Morgan fingerprint density at radius 3 is 2.59 bits per heavy atom. The second-order valence-electron chi connectivity index (χ2n) is 7.06. The highest BCUT2D eigenvalue weighted by Gasteiger charge is 2.20. The molecule has 166 valence electrons. The molecule has 2 N–H and O–H groups in total. The Morgan fingerprint density at radius 2 is 1.83 bits per heavy atom. The Bertz CT molecular complexity index is 568. The number of ether oxygens (including phenoxy) is 3. The summed E-state index contributed by atoms with van der Waals surface area (Å²) in [6.07, 6.45) is 3.68. The molecule has 29 heavy (non-hydrogen) atoms. The van der Waals surface area contributed by atoms with Crippen molar-refractivity contribution >= 4 is 29.9 Å². The zero-order valence-electron chi connectivity index (χ0n) is 18.0. The molecule has 0 atom stereocenters. The molecule has 0 amide bonds. The van der Waals surface area contributed by atoms with Crippen molar-refractivity contribution in [1.82, 2.24) is 10.6 Å². The number of aliphatic imine (C=N–C) groups is 1. The predicted molar refractivity (Wildman–Crippen MR) is 129 cm³/mol. The van der Waals surface area contributed by atoms with Gasteiger partial charge in [0, 0.05) is 32.9 Å². The third kappa shape index (κ3) is 13.1. The van der Waals surface area contributed by atoms with Gasteiger partial charge >= 0.3 is 0 Å². The number of guanidine groups is 1. The van der Waals surface area contributed by atoms with Gasteiger partial charge in [0.1, 0.15) is 0 Å². The van der Waals surface area contributed by atoms with Crippen LogP contribution >= 0.6 is 24.0 Å². The van der Waals surface area contributed by atoms with Crippen molar-refractivity contribution < 1.29 is 14.2 Å². The third-order valence-corrected chi connectivity index (χ3v) is 4.41. The molecular formula is C22H38IN3O3. The summed E-state index contributed by atoms with van der Waals surface area (Å²) in [5.74, 6) is 1.68. The zero-order valence-corrected chi connectivity index (χ0v) is 20.3. The maximum atomic E-state index is 5.68. The second kappa shape index (κ2) is 16.8. The topological polar surface area (TPSA) is 64.1 Å². The van der Waals surface area contributed by atoms with E-state index in [0.717, 1.165) is 56.8 Å². The highest BCUT2D eigenvalue weighted by Crippen LogP contribution is 2.28. The molecule has 1 aromatic carbocycles. The van der Waals surface area contributed by atoms with Crippen LogP contribution < -0.4 is 10.6 Å². The monoisotopic (exact) mass is 519 g/mol. The first-order chi connectivity index (χ1) is 13.8. The quantitative estimate of drug-likeness (QED) is 0.160. The van der Waals surface area contributed by atoms with Crippen LogP contribution in [0.3, 0.4) is 0 Å². The summed E-state index contributed by atoms with van der Waals surface area (Å²) in [6, 6.07) is 8.39. The minimum Gasteiger partial charge on any atom is -0.381 e. The predicted octanol–water partition coefficient (Wildman–Crippen LogP) is 3.73. The molecule has 0 heterocycles. The lowest BCUT2D eigenvalue weighted by Gasteiger charge is -2.12. The van der Waals surface area contributed by atoms with Crippen LogP contribution in [0.2, 0.25) is 0 Å². The van der Waals surface area contributed by atoms with E-state index < -0.39 is 0 Å². The van der Waals surface area contributed by atoms with E-state index in [-0.39, 0.29) is 24.0 Å². The number of hydrogen-bond donors (Lipinski definition) is 2. The first kappa shape index (κ1) is 26.1. The normalized spacial score (nSPS) is 13.8. The maximum absolute atomic E-state index is 5.68. The minimum absolute atomic E-state index is 0. The molecule has 6 nitrogen and oxygen atoms in total. The van der Waals surface area contributed by atoms with Gasteiger partial charge in [0.15, 0.2) is 5.96 Å². The van der Waals surface area contributed by atoms with E-state index in [0.29, 0.717) is 26.4 Å². The number of nitrogens with one attached hydrogen (secondary N) is 2. The van der Waals surface area contributed by atoms with E-state index in [4.69, 9.17) is 19.2 Å². The fourth-order valence-electron chi connectivity index (χ4n) is 2.70. The van der Waals surface area contributed by atoms with Crippen molar-refractivity contribution in [1.29, 1.82) is 0 Å². The van der Waals surface area contributed by atoms with Crippen LogP contribution in [-0.2, 0) is 27.4 Å². The van der Waals surface area contributed by atoms with Crippen molar-refractivity contribution in [2.45, 2.75) is 46.3 Å². The molecule has 1 aromatic rings. The Balaban J connectivity index is 0.00000420. The Morgan fingerprint density at radius 1 is 1.03 bits per heavy atom. The van der Waals surface area contributed by atoms with Gasteiger partial charge in [-0.2, -0.15) is 0 Å². The number of benzene rings is 1. The third-order valence-electron chi connectivity index (χ3n) is 4.41. The molecule has 0 spiro atoms. The van der Waals surface area contributed by atoms with E-state index in [1.54, 1.807) is 0 Å². The van der Waals surface area contributed by atoms with Crippen LogP contribution in [0, 0.1) is 5.92 Å². The van der Waals surface area contributed by atoms with Gasteiger partial charge in [-0.3, -0.25) is 0 Å². The van der Waals surface area contributed by atoms with E-state index >= 15 is 0 Å². The lowest BCUT2D eigenvalue weighted by Crippen LogP contribution is -2.38. The SMILES string of the molecule is CCNC(=NCc1cccc(COCCOCC)c1)NCCCOCC1CC1.I. The first-order valence-corrected chi connectivity index (χ1v) is 10.6. The van der Waals surface area contributed by atoms with Crippen LogP contribution in [0.5, 0.6) is 0 Å². The lowest BCUT2D eigenvalue weighted by atomic mass is 10.1. The average Bonchev–Trinajstić information content (AvgIpc) is 3.53. The molecule has 1 saturated carbocycles. The van der Waals surface area contributed by atoms with Gasteiger partial charge in [0.2, 0.25) is 0 Å². The molecule has 2 rings (SSSR count). The first-order valence-electron chi connectivity index (χ1n) is 10.6. The molecule has 0 aliphatic heterocycles. The fraction of sp³-hybridized carbons (Fsp3) is 0.682. The summed E-state index contributed by atoms with van der Waals surface area (Å²) in [4.78, 5) is 4.69. The van der Waals surface area contributed by atoms with Gasteiger partial charge < -0.3 is 24.8 Å². The minimum atomic E-state index is 0. The van der Waals surface area contributed by atoms with Gasteiger partial charge in [0.25, 0.3) is 0 Å². The molecule has 1 aliphatic rings. The average molecular weight is 519 g/mol. The highest BCUT2D eigenvalue weighted by molar-refractivity contribution is 14.0. The fourth-order valence-corrected chi connectivity index (χ4v) is 2.70. The lowest BCUT2D eigenvalue weighted by molar-refractivity contribution is 0.0453. The molecule has 1 aliphatic carbocycles. The van der Waals surface area contributed by atoms with Crippen LogP contribution in [0.4, 0.5) is 0 Å².